The van der Waals surface area contributed by atoms with Gasteiger partial charge in [-0.2, -0.15) is 26.3 Å². The Morgan fingerprint density at radius 3 is 1.93 bits per heavy atom. The molecule has 0 fully saturated rings. The van der Waals surface area contributed by atoms with Crippen molar-refractivity contribution in [2.45, 2.75) is 31.7 Å². The molecule has 0 radical (unpaired) electrons. The van der Waals surface area contributed by atoms with Gasteiger partial charge in [-0.15, -0.1) is 0 Å². The molecule has 1 aliphatic carbocycles. The summed E-state index contributed by atoms with van der Waals surface area (Å²) in [6, 6.07) is 6.95. The molecule has 0 spiro atoms. The van der Waals surface area contributed by atoms with Gasteiger partial charge in [0.25, 0.3) is 0 Å². The molecule has 0 N–H and O–H groups in total. The summed E-state index contributed by atoms with van der Waals surface area (Å²) in [5.74, 6) is 0.264. The number of allylic oxidation sites excluding steroid dienone is 1. The highest BCUT2D eigenvalue weighted by Crippen LogP contribution is 2.44. The Balaban J connectivity index is 2.25. The van der Waals surface area contributed by atoms with Gasteiger partial charge in [-0.05, 0) is 51.9 Å². The van der Waals surface area contributed by atoms with Gasteiger partial charge in [-0.1, -0.05) is 43.7 Å². The molecule has 1 atom stereocenters. The third-order valence-electron chi connectivity index (χ3n) is 4.98. The minimum absolute atomic E-state index is 0.0656. The minimum atomic E-state index is -4.85. The number of benzene rings is 2. The molecule has 0 nitrogen and oxygen atoms in total. The molecule has 0 saturated carbocycles. The van der Waals surface area contributed by atoms with E-state index in [0.717, 1.165) is 33.5 Å². The van der Waals surface area contributed by atoms with Gasteiger partial charge in [-0.3, -0.25) is 0 Å². The molecular formula is C20H18F6Si. The third kappa shape index (κ3) is 3.70. The van der Waals surface area contributed by atoms with E-state index in [4.69, 9.17) is 0 Å². The highest BCUT2D eigenvalue weighted by Gasteiger charge is 2.37. The van der Waals surface area contributed by atoms with Crippen LogP contribution in [0.25, 0.3) is 17.2 Å². The number of hydrogen-bond acceptors (Lipinski definition) is 0. The lowest BCUT2D eigenvalue weighted by Gasteiger charge is -2.17. The SMILES string of the molecule is CC(C)C1=Cc2c(-c3cc(C(F)(F)F)cc(C(F)(F)F)c3)cccc2C1[SiH3]. The quantitative estimate of drug-likeness (QED) is 0.438. The monoisotopic (exact) mass is 400 g/mol. The van der Waals surface area contributed by atoms with Crippen molar-refractivity contribution in [2.75, 3.05) is 0 Å². The number of alkyl halides is 6. The first-order chi connectivity index (χ1) is 12.4. The van der Waals surface area contributed by atoms with Gasteiger partial charge in [0.1, 0.15) is 0 Å². The van der Waals surface area contributed by atoms with E-state index in [1.807, 2.05) is 26.0 Å². The molecule has 0 saturated heterocycles. The zero-order valence-electron chi connectivity index (χ0n) is 15.0. The first-order valence-electron chi connectivity index (χ1n) is 8.54. The standard InChI is InChI=1S/C20H18F6Si/c1-10(2)16-9-17-14(4-3-5-15(17)18(16)27)11-6-12(19(21,22)23)8-13(7-11)20(24,25)26/h3-10,18H,1-2,27H3. The molecule has 0 amide bonds. The van der Waals surface area contributed by atoms with E-state index in [0.29, 0.717) is 5.56 Å². The summed E-state index contributed by atoms with van der Waals surface area (Å²) in [6.07, 6.45) is -7.78. The lowest BCUT2D eigenvalue weighted by atomic mass is 9.94. The van der Waals surface area contributed by atoms with Crippen molar-refractivity contribution in [1.82, 2.24) is 0 Å². The average Bonchev–Trinajstić information content (AvgIpc) is 2.90. The average molecular weight is 400 g/mol. The van der Waals surface area contributed by atoms with Crippen LogP contribution < -0.4 is 0 Å². The molecular weight excluding hydrogens is 382 g/mol. The highest BCUT2D eigenvalue weighted by atomic mass is 28.1. The summed E-state index contributed by atoms with van der Waals surface area (Å²) in [7, 11) is 0.824. The van der Waals surface area contributed by atoms with Crippen LogP contribution in [0.1, 0.15) is 41.6 Å². The van der Waals surface area contributed by atoms with Crippen LogP contribution >= 0.6 is 0 Å². The third-order valence-corrected chi connectivity index (χ3v) is 6.27. The van der Waals surface area contributed by atoms with E-state index in [9.17, 15) is 26.3 Å². The maximum absolute atomic E-state index is 13.2. The number of halogens is 6. The highest BCUT2D eigenvalue weighted by molar-refractivity contribution is 6.16. The molecule has 0 bridgehead atoms. The van der Waals surface area contributed by atoms with Crippen molar-refractivity contribution < 1.29 is 26.3 Å². The van der Waals surface area contributed by atoms with Crippen molar-refractivity contribution in [2.24, 2.45) is 5.92 Å². The van der Waals surface area contributed by atoms with Crippen molar-refractivity contribution in [3.63, 3.8) is 0 Å². The van der Waals surface area contributed by atoms with Crippen LogP contribution in [0, 0.1) is 5.92 Å². The Bertz CT molecular complexity index is 873. The molecule has 0 aliphatic heterocycles. The largest absolute Gasteiger partial charge is 0.416 e. The Morgan fingerprint density at radius 2 is 1.44 bits per heavy atom. The van der Waals surface area contributed by atoms with Gasteiger partial charge in [0.2, 0.25) is 0 Å². The number of rotatable bonds is 2. The normalized spacial score (nSPS) is 17.4. The molecule has 0 aromatic heterocycles. The van der Waals surface area contributed by atoms with Crippen LogP contribution in [0.4, 0.5) is 26.3 Å². The van der Waals surface area contributed by atoms with Crippen LogP contribution in [-0.4, -0.2) is 10.2 Å². The summed E-state index contributed by atoms with van der Waals surface area (Å²) >= 11 is 0. The predicted octanol–water partition coefficient (Wildman–Crippen LogP) is 5.85. The zero-order valence-corrected chi connectivity index (χ0v) is 17.0. The van der Waals surface area contributed by atoms with E-state index in [1.54, 1.807) is 12.1 Å². The van der Waals surface area contributed by atoms with Crippen LogP contribution in [-0.2, 0) is 12.4 Å². The van der Waals surface area contributed by atoms with E-state index < -0.39 is 23.5 Å². The Morgan fingerprint density at radius 1 is 0.889 bits per heavy atom. The van der Waals surface area contributed by atoms with E-state index >= 15 is 0 Å². The van der Waals surface area contributed by atoms with Gasteiger partial charge >= 0.3 is 12.4 Å². The fourth-order valence-corrected chi connectivity index (χ4v) is 4.96. The second-order valence-electron chi connectivity index (χ2n) is 7.12. The molecule has 1 unspecified atom stereocenters. The van der Waals surface area contributed by atoms with Crippen LogP contribution in [0.3, 0.4) is 0 Å². The molecule has 2 aromatic rings. The summed E-state index contributed by atoms with van der Waals surface area (Å²) < 4.78 is 79.1. The molecule has 27 heavy (non-hydrogen) atoms. The summed E-state index contributed by atoms with van der Waals surface area (Å²) in [5, 5.41) is 0. The topological polar surface area (TPSA) is 0 Å². The van der Waals surface area contributed by atoms with Gasteiger partial charge in [0.05, 0.1) is 11.1 Å². The zero-order chi connectivity index (χ0) is 20.1. The van der Waals surface area contributed by atoms with Gasteiger partial charge in [0.15, 0.2) is 0 Å². The minimum Gasteiger partial charge on any atom is -0.166 e. The van der Waals surface area contributed by atoms with E-state index in [2.05, 4.69) is 0 Å². The first kappa shape index (κ1) is 19.7. The maximum atomic E-state index is 13.2. The van der Waals surface area contributed by atoms with Crippen LogP contribution in [0.15, 0.2) is 42.0 Å². The van der Waals surface area contributed by atoms with Crippen molar-refractivity contribution in [3.05, 3.63) is 64.2 Å². The van der Waals surface area contributed by atoms with Gasteiger partial charge in [-0.25, -0.2) is 0 Å². The van der Waals surface area contributed by atoms with Crippen LogP contribution in [0.5, 0.6) is 0 Å². The summed E-state index contributed by atoms with van der Waals surface area (Å²) in [4.78, 5) is 0. The van der Waals surface area contributed by atoms with Gasteiger partial charge < -0.3 is 0 Å². The summed E-state index contributed by atoms with van der Waals surface area (Å²) in [5.41, 5.74) is 0.851. The smallest absolute Gasteiger partial charge is 0.166 e. The van der Waals surface area contributed by atoms with Crippen molar-refractivity contribution >= 4 is 16.3 Å². The Hall–Kier alpha value is -2.02. The first-order valence-corrected chi connectivity index (χ1v) is 9.69. The molecule has 7 heteroatoms. The van der Waals surface area contributed by atoms with Crippen molar-refractivity contribution in [3.8, 4) is 11.1 Å². The lowest BCUT2D eigenvalue weighted by Crippen LogP contribution is -2.11. The molecule has 144 valence electrons. The van der Waals surface area contributed by atoms with E-state index in [-0.39, 0.29) is 23.1 Å². The number of hydrogen-bond donors (Lipinski definition) is 0. The second-order valence-corrected chi connectivity index (χ2v) is 8.28. The maximum Gasteiger partial charge on any atom is 0.416 e. The second kappa shape index (κ2) is 6.55. The van der Waals surface area contributed by atoms with Gasteiger partial charge in [0, 0.05) is 10.2 Å². The fourth-order valence-electron chi connectivity index (χ4n) is 3.62. The fraction of sp³-hybridized carbons (Fsp3) is 0.300. The molecule has 2 aromatic carbocycles. The Kier molecular flexibility index (Phi) is 4.78. The van der Waals surface area contributed by atoms with E-state index in [1.165, 1.54) is 5.57 Å². The lowest BCUT2D eigenvalue weighted by molar-refractivity contribution is -0.143. The van der Waals surface area contributed by atoms with Crippen molar-refractivity contribution in [1.29, 1.82) is 0 Å². The predicted molar refractivity (Wildman–Crippen MR) is 97.4 cm³/mol. The Labute approximate surface area is 156 Å². The molecule has 0 heterocycles. The van der Waals surface area contributed by atoms with Crippen LogP contribution in [0.2, 0.25) is 0 Å². The molecule has 1 aliphatic rings. The molecule has 3 rings (SSSR count). The summed E-state index contributed by atoms with van der Waals surface area (Å²) in [6.45, 7) is 4.07. The number of fused-ring (bicyclic) bond motifs is 1.